The minimum absolute atomic E-state index is 0.144. The summed E-state index contributed by atoms with van der Waals surface area (Å²) >= 11 is 0. The Morgan fingerprint density at radius 2 is 1.83 bits per heavy atom. The molecule has 0 atom stereocenters. The summed E-state index contributed by atoms with van der Waals surface area (Å²) < 4.78 is 5.08. The number of allylic oxidation sites excluding steroid dienone is 1. The number of ether oxygens (including phenoxy) is 1. The second kappa shape index (κ2) is 9.15. The molecule has 2 N–H and O–H groups in total. The number of hydrogen-bond donors (Lipinski definition) is 2. The Balaban J connectivity index is 1.77. The number of nitrogens with one attached hydrogen (secondary N) is 2. The van der Waals surface area contributed by atoms with Crippen LogP contribution in [0.5, 0.6) is 5.75 Å². The third-order valence-electron chi connectivity index (χ3n) is 3.22. The number of rotatable bonds is 7. The normalized spacial score (nSPS) is 11.3. The molecule has 0 aliphatic carbocycles. The molecule has 2 aromatic carbocycles. The predicted octanol–water partition coefficient (Wildman–Crippen LogP) is 3.31. The molecule has 1 amide bonds. The summed E-state index contributed by atoms with van der Waals surface area (Å²) in [6.45, 7) is 1.97. The van der Waals surface area contributed by atoms with Gasteiger partial charge in [-0.3, -0.25) is 4.79 Å². The first-order valence-corrected chi connectivity index (χ1v) is 7.61. The molecule has 0 saturated heterocycles. The van der Waals surface area contributed by atoms with Gasteiger partial charge in [0.25, 0.3) is 5.91 Å². The van der Waals surface area contributed by atoms with Gasteiger partial charge in [0, 0.05) is 5.69 Å². The summed E-state index contributed by atoms with van der Waals surface area (Å²) in [6.07, 6.45) is 3.80. The Bertz CT molecular complexity index is 707. The molecule has 0 bridgehead atoms. The highest BCUT2D eigenvalue weighted by molar-refractivity contribution is 5.97. The maximum absolute atomic E-state index is 11.8. The molecule has 24 heavy (non-hydrogen) atoms. The number of nitrogens with zero attached hydrogens (tertiary/aromatic N) is 1. The average molecular weight is 323 g/mol. The number of carbonyl (C=O) groups excluding carboxylic acids is 1. The van der Waals surface area contributed by atoms with Gasteiger partial charge < -0.3 is 10.1 Å². The van der Waals surface area contributed by atoms with Gasteiger partial charge in [0.05, 0.1) is 19.4 Å². The van der Waals surface area contributed by atoms with Crippen molar-refractivity contribution in [2.75, 3.05) is 19.0 Å². The topological polar surface area (TPSA) is 62.7 Å². The average Bonchev–Trinajstić information content (AvgIpc) is 2.64. The monoisotopic (exact) mass is 323 g/mol. The third kappa shape index (κ3) is 5.96. The number of methoxy groups -OCH3 is 1. The Hall–Kier alpha value is -3.08. The minimum atomic E-state index is -0.210. The first-order valence-electron chi connectivity index (χ1n) is 7.61. The zero-order valence-electron chi connectivity index (χ0n) is 13.8. The molecule has 0 heterocycles. The second-order valence-electron chi connectivity index (χ2n) is 5.11. The van der Waals surface area contributed by atoms with Crippen molar-refractivity contribution in [3.05, 3.63) is 66.2 Å². The number of anilines is 1. The summed E-state index contributed by atoms with van der Waals surface area (Å²) in [5.41, 5.74) is 5.17. The first kappa shape index (κ1) is 17.3. The van der Waals surface area contributed by atoms with Gasteiger partial charge in [0.2, 0.25) is 0 Å². The highest BCUT2D eigenvalue weighted by atomic mass is 16.5. The first-order chi connectivity index (χ1) is 11.7. The van der Waals surface area contributed by atoms with Crippen LogP contribution >= 0.6 is 0 Å². The van der Waals surface area contributed by atoms with Crippen molar-refractivity contribution < 1.29 is 9.53 Å². The van der Waals surface area contributed by atoms with Crippen molar-refractivity contribution in [2.24, 2.45) is 5.10 Å². The quantitative estimate of drug-likeness (QED) is 0.607. The molecule has 0 radical (unpaired) electrons. The molecule has 0 aliphatic heterocycles. The van der Waals surface area contributed by atoms with Gasteiger partial charge in [-0.2, -0.15) is 5.10 Å². The highest BCUT2D eigenvalue weighted by Gasteiger charge is 2.00. The van der Waals surface area contributed by atoms with Crippen LogP contribution in [-0.4, -0.2) is 25.3 Å². The lowest BCUT2D eigenvalue weighted by Crippen LogP contribution is -2.26. The fourth-order valence-electron chi connectivity index (χ4n) is 1.90. The lowest BCUT2D eigenvalue weighted by Gasteiger charge is -2.06. The second-order valence-corrected chi connectivity index (χ2v) is 5.11. The summed E-state index contributed by atoms with van der Waals surface area (Å²) in [5.74, 6) is 0.564. The Labute approximate surface area is 142 Å². The molecule has 0 saturated carbocycles. The molecule has 124 valence electrons. The predicted molar refractivity (Wildman–Crippen MR) is 98.2 cm³/mol. The zero-order chi connectivity index (χ0) is 17.2. The van der Waals surface area contributed by atoms with Crippen LogP contribution in [0.4, 0.5) is 5.69 Å². The third-order valence-corrected chi connectivity index (χ3v) is 3.22. The van der Waals surface area contributed by atoms with E-state index in [-0.39, 0.29) is 12.5 Å². The van der Waals surface area contributed by atoms with Crippen molar-refractivity contribution in [1.29, 1.82) is 0 Å². The molecular weight excluding hydrogens is 302 g/mol. The maximum atomic E-state index is 11.8. The number of hydrogen-bond acceptors (Lipinski definition) is 4. The summed E-state index contributed by atoms with van der Waals surface area (Å²) in [6, 6.07) is 17.3. The molecule has 0 unspecified atom stereocenters. The summed E-state index contributed by atoms with van der Waals surface area (Å²) in [5, 5.41) is 7.07. The smallest absolute Gasteiger partial charge is 0.259 e. The van der Waals surface area contributed by atoms with Crippen molar-refractivity contribution in [3.8, 4) is 5.75 Å². The van der Waals surface area contributed by atoms with E-state index in [4.69, 9.17) is 4.74 Å². The van der Waals surface area contributed by atoms with Crippen molar-refractivity contribution in [2.45, 2.75) is 6.92 Å². The molecule has 5 heteroatoms. The van der Waals surface area contributed by atoms with E-state index in [0.29, 0.717) is 0 Å². The molecule has 5 nitrogen and oxygen atoms in total. The fourth-order valence-corrected chi connectivity index (χ4v) is 1.90. The van der Waals surface area contributed by atoms with Crippen LogP contribution in [0.25, 0.3) is 6.08 Å². The van der Waals surface area contributed by atoms with Gasteiger partial charge in [-0.05, 0) is 42.8 Å². The van der Waals surface area contributed by atoms with E-state index in [0.717, 1.165) is 22.7 Å². The van der Waals surface area contributed by atoms with Crippen LogP contribution in [0.3, 0.4) is 0 Å². The van der Waals surface area contributed by atoms with Crippen LogP contribution in [0.1, 0.15) is 12.5 Å². The SMILES string of the molecule is COc1ccc(NCC(=O)N/N=C(C)\C=C/c2ccccc2)cc1. The van der Waals surface area contributed by atoms with Crippen LogP contribution in [-0.2, 0) is 4.79 Å². The van der Waals surface area contributed by atoms with Crippen LogP contribution in [0, 0.1) is 0 Å². The van der Waals surface area contributed by atoms with Crippen LogP contribution in [0.2, 0.25) is 0 Å². The van der Waals surface area contributed by atoms with E-state index >= 15 is 0 Å². The fraction of sp³-hybridized carbons (Fsp3) is 0.158. The van der Waals surface area contributed by atoms with Gasteiger partial charge in [-0.25, -0.2) is 5.43 Å². The van der Waals surface area contributed by atoms with E-state index in [9.17, 15) is 4.79 Å². The molecule has 0 spiro atoms. The van der Waals surface area contributed by atoms with Gasteiger partial charge in [-0.15, -0.1) is 0 Å². The number of carbonyl (C=O) groups is 1. The lowest BCUT2D eigenvalue weighted by molar-refractivity contribution is -0.119. The van der Waals surface area contributed by atoms with E-state index in [1.807, 2.05) is 73.7 Å². The van der Waals surface area contributed by atoms with Gasteiger partial charge in [0.15, 0.2) is 0 Å². The van der Waals surface area contributed by atoms with Crippen molar-refractivity contribution in [3.63, 3.8) is 0 Å². The summed E-state index contributed by atoms with van der Waals surface area (Å²) in [7, 11) is 1.61. The molecular formula is C19H21N3O2. The molecule has 0 aromatic heterocycles. The number of hydrazone groups is 1. The molecule has 0 fully saturated rings. The van der Waals surface area contributed by atoms with Crippen LogP contribution < -0.4 is 15.5 Å². The highest BCUT2D eigenvalue weighted by Crippen LogP contribution is 2.14. The van der Waals surface area contributed by atoms with Gasteiger partial charge in [-0.1, -0.05) is 36.4 Å². The molecule has 2 rings (SSSR count). The zero-order valence-corrected chi connectivity index (χ0v) is 13.8. The molecule has 0 aliphatic rings. The summed E-state index contributed by atoms with van der Waals surface area (Å²) in [4.78, 5) is 11.8. The minimum Gasteiger partial charge on any atom is -0.497 e. The van der Waals surface area contributed by atoms with E-state index < -0.39 is 0 Å². The number of benzene rings is 2. The largest absolute Gasteiger partial charge is 0.497 e. The van der Waals surface area contributed by atoms with E-state index in [2.05, 4.69) is 15.8 Å². The number of amides is 1. The standard InChI is InChI=1S/C19H21N3O2/c1-15(8-9-16-6-4-3-5-7-16)21-22-19(23)14-20-17-10-12-18(24-2)13-11-17/h3-13,20H,14H2,1-2H3,(H,22,23)/b9-8-,21-15-. The maximum Gasteiger partial charge on any atom is 0.259 e. The van der Waals surface area contributed by atoms with Crippen molar-refractivity contribution >= 4 is 23.4 Å². The van der Waals surface area contributed by atoms with Gasteiger partial charge in [0.1, 0.15) is 5.75 Å². The van der Waals surface area contributed by atoms with E-state index in [1.54, 1.807) is 7.11 Å². The molecule has 2 aromatic rings. The van der Waals surface area contributed by atoms with Crippen LogP contribution in [0.15, 0.2) is 65.8 Å². The van der Waals surface area contributed by atoms with Crippen molar-refractivity contribution in [1.82, 2.24) is 5.43 Å². The Morgan fingerprint density at radius 1 is 1.12 bits per heavy atom. The Kier molecular flexibility index (Phi) is 6.58. The lowest BCUT2D eigenvalue weighted by atomic mass is 10.2. The van der Waals surface area contributed by atoms with E-state index in [1.165, 1.54) is 0 Å². The Morgan fingerprint density at radius 3 is 2.50 bits per heavy atom. The van der Waals surface area contributed by atoms with Gasteiger partial charge >= 0.3 is 0 Å².